The number of rotatable bonds is 4. The summed E-state index contributed by atoms with van der Waals surface area (Å²) in [6, 6.07) is 3.05. The highest BCUT2D eigenvalue weighted by molar-refractivity contribution is 7.86. The highest BCUT2D eigenvalue weighted by Crippen LogP contribution is 2.28. The average molecular weight is 282 g/mol. The predicted molar refractivity (Wildman–Crippen MR) is 59.1 cm³/mol. The normalized spacial score (nSPS) is 12.1. The Labute approximate surface area is 98.9 Å². The summed E-state index contributed by atoms with van der Waals surface area (Å²) in [5, 5.41) is 9.24. The maximum Gasteiger partial charge on any atom is 0.306 e. The van der Waals surface area contributed by atoms with E-state index in [1.807, 2.05) is 0 Å². The molecule has 0 radical (unpaired) electrons. The number of phenols is 1. The summed E-state index contributed by atoms with van der Waals surface area (Å²) in [5.41, 5.74) is 0. The highest BCUT2D eigenvalue weighted by Gasteiger charge is 2.11. The summed E-state index contributed by atoms with van der Waals surface area (Å²) in [5.74, 6) is -0.873. The molecule has 0 saturated carbocycles. The summed E-state index contributed by atoms with van der Waals surface area (Å²) in [4.78, 5) is 0. The average Bonchev–Trinajstić information content (AvgIpc) is 1.93. The summed E-state index contributed by atoms with van der Waals surface area (Å²) in [6.45, 7) is 0. The molecule has 0 unspecified atom stereocenters. The Balaban J connectivity index is 3.11. The van der Waals surface area contributed by atoms with Crippen molar-refractivity contribution in [2.45, 2.75) is 0 Å². The van der Waals surface area contributed by atoms with Crippen molar-refractivity contribution in [2.75, 3.05) is 12.5 Å². The summed E-state index contributed by atoms with van der Waals surface area (Å²) >= 11 is 0. The molecular formula is C8H10O7S2. The van der Waals surface area contributed by atoms with E-state index in [4.69, 9.17) is 0 Å². The number of benzene rings is 1. The second-order valence-electron chi connectivity index (χ2n) is 3.24. The third kappa shape index (κ3) is 5.41. The smallest absolute Gasteiger partial charge is 0.306 e. The molecular weight excluding hydrogens is 272 g/mol. The van der Waals surface area contributed by atoms with E-state index in [0.717, 1.165) is 30.7 Å². The van der Waals surface area contributed by atoms with Crippen LogP contribution < -0.4 is 8.37 Å². The fourth-order valence-electron chi connectivity index (χ4n) is 1.00. The van der Waals surface area contributed by atoms with Crippen LogP contribution in [-0.2, 0) is 20.2 Å². The molecule has 0 bridgehead atoms. The van der Waals surface area contributed by atoms with Gasteiger partial charge >= 0.3 is 20.2 Å². The van der Waals surface area contributed by atoms with Gasteiger partial charge in [-0.25, -0.2) is 0 Å². The second kappa shape index (κ2) is 4.41. The van der Waals surface area contributed by atoms with Gasteiger partial charge in [0.25, 0.3) is 0 Å². The van der Waals surface area contributed by atoms with Gasteiger partial charge in [0.1, 0.15) is 17.2 Å². The Kier molecular flexibility index (Phi) is 3.53. The molecule has 1 aromatic rings. The molecule has 0 aromatic heterocycles. The van der Waals surface area contributed by atoms with Crippen LogP contribution in [0.1, 0.15) is 0 Å². The zero-order valence-electron chi connectivity index (χ0n) is 8.95. The lowest BCUT2D eigenvalue weighted by atomic mass is 10.3. The standard InChI is InChI=1S/C8H10O7S2/c1-16(10,11)14-7-3-6(9)4-8(5-7)15-17(2,12)13/h3-5,9H,1-2H3. The molecule has 0 amide bonds. The maximum atomic E-state index is 10.8. The van der Waals surface area contributed by atoms with E-state index in [1.54, 1.807) is 0 Å². The van der Waals surface area contributed by atoms with Gasteiger partial charge in [-0.3, -0.25) is 0 Å². The summed E-state index contributed by atoms with van der Waals surface area (Å²) in [7, 11) is -7.54. The van der Waals surface area contributed by atoms with Gasteiger partial charge in [-0.15, -0.1) is 0 Å². The van der Waals surface area contributed by atoms with Crippen LogP contribution >= 0.6 is 0 Å². The predicted octanol–water partition coefficient (Wildman–Crippen LogP) is 0.0690. The monoisotopic (exact) mass is 282 g/mol. The van der Waals surface area contributed by atoms with E-state index >= 15 is 0 Å². The first-order chi connectivity index (χ1) is 7.55. The van der Waals surface area contributed by atoms with E-state index in [2.05, 4.69) is 8.37 Å². The fourth-order valence-corrected chi connectivity index (χ4v) is 1.89. The molecule has 0 atom stereocenters. The molecule has 1 N–H and O–H groups in total. The van der Waals surface area contributed by atoms with Crippen LogP contribution in [0.15, 0.2) is 18.2 Å². The van der Waals surface area contributed by atoms with Crippen LogP contribution in [0, 0.1) is 0 Å². The lowest BCUT2D eigenvalue weighted by Crippen LogP contribution is -2.07. The van der Waals surface area contributed by atoms with Gasteiger partial charge in [-0.1, -0.05) is 0 Å². The number of phenolic OH excluding ortho intramolecular Hbond substituents is 1. The molecule has 17 heavy (non-hydrogen) atoms. The number of hydrogen-bond donors (Lipinski definition) is 1. The molecule has 1 rings (SSSR count). The van der Waals surface area contributed by atoms with Crippen molar-refractivity contribution >= 4 is 20.2 Å². The van der Waals surface area contributed by atoms with Crippen molar-refractivity contribution in [1.82, 2.24) is 0 Å². The van der Waals surface area contributed by atoms with Crippen LogP contribution in [0.25, 0.3) is 0 Å². The lowest BCUT2D eigenvalue weighted by molar-refractivity contribution is 0.455. The van der Waals surface area contributed by atoms with Crippen LogP contribution in [-0.4, -0.2) is 34.5 Å². The zero-order chi connectivity index (χ0) is 13.3. The molecule has 0 aliphatic carbocycles. The Bertz CT molecular complexity index is 563. The first-order valence-electron chi connectivity index (χ1n) is 4.18. The molecule has 0 aliphatic rings. The Hall–Kier alpha value is -1.48. The minimum Gasteiger partial charge on any atom is -0.508 e. The van der Waals surface area contributed by atoms with E-state index in [1.165, 1.54) is 0 Å². The van der Waals surface area contributed by atoms with Crippen molar-refractivity contribution in [1.29, 1.82) is 0 Å². The Morgan fingerprint density at radius 2 is 1.24 bits per heavy atom. The van der Waals surface area contributed by atoms with E-state index in [9.17, 15) is 21.9 Å². The first-order valence-corrected chi connectivity index (χ1v) is 7.81. The largest absolute Gasteiger partial charge is 0.508 e. The summed E-state index contributed by atoms with van der Waals surface area (Å²) < 4.78 is 52.3. The van der Waals surface area contributed by atoms with Crippen LogP contribution in [0.2, 0.25) is 0 Å². The molecule has 0 fully saturated rings. The second-order valence-corrected chi connectivity index (χ2v) is 6.39. The molecule has 0 aliphatic heterocycles. The topological polar surface area (TPSA) is 107 Å². The maximum absolute atomic E-state index is 10.8. The molecule has 0 saturated heterocycles. The first kappa shape index (κ1) is 13.6. The lowest BCUT2D eigenvalue weighted by Gasteiger charge is -2.07. The van der Waals surface area contributed by atoms with Crippen molar-refractivity contribution in [3.05, 3.63) is 18.2 Å². The number of hydrogen-bond acceptors (Lipinski definition) is 7. The van der Waals surface area contributed by atoms with E-state index < -0.39 is 20.2 Å². The van der Waals surface area contributed by atoms with Crippen molar-refractivity contribution in [3.8, 4) is 17.2 Å². The summed E-state index contributed by atoms with van der Waals surface area (Å²) in [6.07, 6.45) is 1.63. The van der Waals surface area contributed by atoms with Gasteiger partial charge in [0, 0.05) is 18.2 Å². The van der Waals surface area contributed by atoms with Crippen LogP contribution in [0.5, 0.6) is 17.2 Å². The minimum atomic E-state index is -3.77. The van der Waals surface area contributed by atoms with Gasteiger partial charge < -0.3 is 13.5 Å². The van der Waals surface area contributed by atoms with Gasteiger partial charge in [-0.2, -0.15) is 16.8 Å². The van der Waals surface area contributed by atoms with Gasteiger partial charge in [0.2, 0.25) is 0 Å². The van der Waals surface area contributed by atoms with Crippen molar-refractivity contribution < 1.29 is 30.3 Å². The van der Waals surface area contributed by atoms with Crippen LogP contribution in [0.4, 0.5) is 0 Å². The molecule has 0 heterocycles. The van der Waals surface area contributed by atoms with Crippen molar-refractivity contribution in [2.24, 2.45) is 0 Å². The third-order valence-corrected chi connectivity index (χ3v) is 2.35. The Morgan fingerprint density at radius 1 is 0.882 bits per heavy atom. The van der Waals surface area contributed by atoms with Gasteiger partial charge in [-0.05, 0) is 0 Å². The molecule has 7 nitrogen and oxygen atoms in total. The van der Waals surface area contributed by atoms with Crippen LogP contribution in [0.3, 0.4) is 0 Å². The quantitative estimate of drug-likeness (QED) is 0.778. The van der Waals surface area contributed by atoms with Gasteiger partial charge in [0.05, 0.1) is 12.5 Å². The molecule has 1 aromatic carbocycles. The molecule has 0 spiro atoms. The number of aromatic hydroxyl groups is 1. The van der Waals surface area contributed by atoms with Crippen molar-refractivity contribution in [3.63, 3.8) is 0 Å². The zero-order valence-corrected chi connectivity index (χ0v) is 10.6. The fraction of sp³-hybridized carbons (Fsp3) is 0.250. The van der Waals surface area contributed by atoms with Gasteiger partial charge in [0.15, 0.2) is 0 Å². The SMILES string of the molecule is CS(=O)(=O)Oc1cc(O)cc(OS(C)(=O)=O)c1. The van der Waals surface area contributed by atoms with E-state index in [0.29, 0.717) is 0 Å². The minimum absolute atomic E-state index is 0.244. The van der Waals surface area contributed by atoms with E-state index in [-0.39, 0.29) is 17.2 Å². The Morgan fingerprint density at radius 3 is 1.53 bits per heavy atom. The third-order valence-electron chi connectivity index (χ3n) is 1.36. The highest BCUT2D eigenvalue weighted by atomic mass is 32.2. The molecule has 96 valence electrons. The molecule has 9 heteroatoms.